The minimum atomic E-state index is -4.39. The molecule has 2 aromatic rings. The number of hydrogen-bond donors (Lipinski definition) is 4. The van der Waals surface area contributed by atoms with E-state index in [1.54, 1.807) is 0 Å². The Hall–Kier alpha value is -2.50. The third-order valence-corrected chi connectivity index (χ3v) is 3.43. The van der Waals surface area contributed by atoms with Gasteiger partial charge in [0.05, 0.1) is 5.69 Å². The lowest BCUT2D eigenvalue weighted by Gasteiger charge is -2.08. The molecule has 0 aliphatic heterocycles. The second-order valence-electron chi connectivity index (χ2n) is 3.87. The molecule has 0 aliphatic carbocycles. The largest absolute Gasteiger partial charge is 0.398 e. The van der Waals surface area contributed by atoms with Gasteiger partial charge in [-0.2, -0.15) is 28.5 Å². The molecule has 5 N–H and O–H groups in total. The van der Waals surface area contributed by atoms with Crippen LogP contribution < -0.4 is 16.5 Å². The summed E-state index contributed by atoms with van der Waals surface area (Å²) in [4.78, 5) is 11.1. The molecule has 0 fully saturated rings. The van der Waals surface area contributed by atoms with Crippen LogP contribution in [0.1, 0.15) is 0 Å². The number of halogens is 1. The number of benzene rings is 1. The second-order valence-corrected chi connectivity index (χ2v) is 5.60. The van der Waals surface area contributed by atoms with Crippen molar-refractivity contribution in [2.75, 3.05) is 16.5 Å². The summed E-state index contributed by atoms with van der Waals surface area (Å²) in [5.41, 5.74) is 8.22. The number of nitrogens with one attached hydrogen (secondary N) is 2. The number of nitrogens with zero attached hydrogens (tertiary/aromatic N) is 4. The lowest BCUT2D eigenvalue weighted by atomic mass is 10.3. The van der Waals surface area contributed by atoms with Crippen LogP contribution in [0.25, 0.3) is 0 Å². The fourth-order valence-corrected chi connectivity index (χ4v) is 2.27. The Morgan fingerprint density at radius 2 is 1.95 bits per heavy atom. The van der Waals surface area contributed by atoms with Crippen LogP contribution >= 0.6 is 11.6 Å². The molecule has 1 aromatic heterocycles. The van der Waals surface area contributed by atoms with Gasteiger partial charge < -0.3 is 11.1 Å². The molecule has 0 bridgehead atoms. The van der Waals surface area contributed by atoms with Gasteiger partial charge in [0.15, 0.2) is 0 Å². The monoisotopic (exact) mass is 343 g/mol. The molecule has 0 amide bonds. The molecule has 10 nitrogen and oxygen atoms in total. The van der Waals surface area contributed by atoms with E-state index in [2.05, 4.69) is 37.5 Å². The minimum absolute atomic E-state index is 0.0695. The first-order chi connectivity index (χ1) is 10.3. The highest BCUT2D eigenvalue weighted by Crippen LogP contribution is 2.24. The van der Waals surface area contributed by atoms with Gasteiger partial charge in [-0.05, 0) is 29.8 Å². The van der Waals surface area contributed by atoms with E-state index in [9.17, 15) is 8.42 Å². The first-order valence-electron chi connectivity index (χ1n) is 5.57. The molecule has 1 aromatic carbocycles. The summed E-state index contributed by atoms with van der Waals surface area (Å²) in [7, 11) is -4.39. The smallest absolute Gasteiger partial charge is 0.296 e. The lowest BCUT2D eigenvalue weighted by Crippen LogP contribution is -2.05. The molecule has 0 saturated heterocycles. The molecular formula is C10H10ClN7O3S. The number of hydrazone groups is 1. The zero-order valence-corrected chi connectivity index (χ0v) is 12.4. The first kappa shape index (κ1) is 15.9. The predicted molar refractivity (Wildman–Crippen MR) is 82.0 cm³/mol. The summed E-state index contributed by atoms with van der Waals surface area (Å²) in [5, 5.41) is 6.06. The highest BCUT2D eigenvalue weighted by atomic mass is 35.5. The molecule has 12 heteroatoms. The van der Waals surface area contributed by atoms with Gasteiger partial charge in [0, 0.05) is 12.4 Å². The summed E-state index contributed by atoms with van der Waals surface area (Å²) in [6.07, 6.45) is 0. The van der Waals surface area contributed by atoms with E-state index in [0.717, 1.165) is 6.07 Å². The number of hydrogen-bond acceptors (Lipinski definition) is 9. The molecule has 0 unspecified atom stereocenters. The number of rotatable bonds is 5. The van der Waals surface area contributed by atoms with Crippen molar-refractivity contribution in [3.8, 4) is 0 Å². The average molecular weight is 344 g/mol. The Morgan fingerprint density at radius 1 is 1.27 bits per heavy atom. The number of aromatic nitrogens is 3. The van der Waals surface area contributed by atoms with Gasteiger partial charge >= 0.3 is 0 Å². The van der Waals surface area contributed by atoms with Crippen molar-refractivity contribution in [2.24, 2.45) is 5.10 Å². The van der Waals surface area contributed by atoms with Crippen LogP contribution in [0.2, 0.25) is 5.28 Å². The fourth-order valence-electron chi connectivity index (χ4n) is 1.52. The van der Waals surface area contributed by atoms with Crippen molar-refractivity contribution in [1.82, 2.24) is 15.0 Å². The summed E-state index contributed by atoms with van der Waals surface area (Å²) >= 11 is 5.73. The molecule has 0 atom stereocenters. The van der Waals surface area contributed by atoms with Crippen molar-refractivity contribution in [3.05, 3.63) is 23.5 Å². The molecule has 22 heavy (non-hydrogen) atoms. The highest BCUT2D eigenvalue weighted by molar-refractivity contribution is 7.86. The Balaban J connectivity index is 2.32. The SMILES string of the molecule is C=NNc1nc(Cl)nc(Nc2ccc(S(=O)(=O)O)c(N)c2)n1. The molecule has 0 radical (unpaired) electrons. The lowest BCUT2D eigenvalue weighted by molar-refractivity contribution is 0.483. The highest BCUT2D eigenvalue weighted by Gasteiger charge is 2.14. The van der Waals surface area contributed by atoms with Gasteiger partial charge in [-0.15, -0.1) is 0 Å². The Labute approximate surface area is 130 Å². The third kappa shape index (κ3) is 3.78. The maximum Gasteiger partial charge on any atom is 0.296 e. The summed E-state index contributed by atoms with van der Waals surface area (Å²) in [6.45, 7) is 3.22. The van der Waals surface area contributed by atoms with Crippen LogP contribution in [0.5, 0.6) is 0 Å². The van der Waals surface area contributed by atoms with E-state index < -0.39 is 15.0 Å². The number of nitrogen functional groups attached to an aromatic ring is 1. The standard InChI is InChI=1S/C10H10ClN7O3S/c1-13-18-10-16-8(11)15-9(17-10)14-5-2-3-7(6(12)4-5)22(19,20)21/h2-4H,1,12H2,(H,19,20,21)(H2,14,15,16,17,18). The Kier molecular flexibility index (Phi) is 4.40. The van der Waals surface area contributed by atoms with Crippen LogP contribution in [0.3, 0.4) is 0 Å². The molecule has 116 valence electrons. The van der Waals surface area contributed by atoms with Crippen LogP contribution in [-0.2, 0) is 10.1 Å². The van der Waals surface area contributed by atoms with Crippen molar-refractivity contribution in [1.29, 1.82) is 0 Å². The van der Waals surface area contributed by atoms with Gasteiger partial charge in [0.1, 0.15) is 4.90 Å². The molecule has 2 rings (SSSR count). The van der Waals surface area contributed by atoms with E-state index in [1.165, 1.54) is 12.1 Å². The normalized spacial score (nSPS) is 11.0. The van der Waals surface area contributed by atoms with Gasteiger partial charge in [0.2, 0.25) is 17.2 Å². The Bertz CT molecular complexity index is 827. The molecule has 0 aliphatic rings. The van der Waals surface area contributed by atoms with Crippen LogP contribution in [0, 0.1) is 0 Å². The maximum absolute atomic E-state index is 11.1. The van der Waals surface area contributed by atoms with Gasteiger partial charge in [-0.3, -0.25) is 4.55 Å². The van der Waals surface area contributed by atoms with Crippen molar-refractivity contribution in [2.45, 2.75) is 4.90 Å². The van der Waals surface area contributed by atoms with Crippen LogP contribution in [0.4, 0.5) is 23.3 Å². The van der Waals surface area contributed by atoms with Crippen molar-refractivity contribution < 1.29 is 13.0 Å². The van der Waals surface area contributed by atoms with E-state index in [0.29, 0.717) is 5.69 Å². The van der Waals surface area contributed by atoms with Crippen molar-refractivity contribution in [3.63, 3.8) is 0 Å². The zero-order chi connectivity index (χ0) is 16.3. The molecule has 1 heterocycles. The topological polar surface area (TPSA) is 155 Å². The second kappa shape index (κ2) is 6.09. The zero-order valence-electron chi connectivity index (χ0n) is 10.9. The van der Waals surface area contributed by atoms with Crippen LogP contribution in [-0.4, -0.2) is 34.6 Å². The average Bonchev–Trinajstić information content (AvgIpc) is 2.36. The summed E-state index contributed by atoms with van der Waals surface area (Å²) < 4.78 is 31.1. The fraction of sp³-hybridized carbons (Fsp3) is 0. The minimum Gasteiger partial charge on any atom is -0.398 e. The number of nitrogens with two attached hydrogens (primary N) is 1. The van der Waals surface area contributed by atoms with E-state index >= 15 is 0 Å². The first-order valence-corrected chi connectivity index (χ1v) is 7.39. The maximum atomic E-state index is 11.1. The van der Waals surface area contributed by atoms with E-state index in [1.807, 2.05) is 0 Å². The van der Waals surface area contributed by atoms with Gasteiger partial charge in [-0.1, -0.05) is 0 Å². The Morgan fingerprint density at radius 3 is 2.55 bits per heavy atom. The summed E-state index contributed by atoms with van der Waals surface area (Å²) in [5.74, 6) is 0.144. The molecule has 0 saturated carbocycles. The van der Waals surface area contributed by atoms with Crippen molar-refractivity contribution >= 4 is 51.7 Å². The van der Waals surface area contributed by atoms with E-state index in [-0.39, 0.29) is 22.9 Å². The number of anilines is 4. The summed E-state index contributed by atoms with van der Waals surface area (Å²) in [6, 6.07) is 3.80. The van der Waals surface area contributed by atoms with Gasteiger partial charge in [-0.25, -0.2) is 5.43 Å². The van der Waals surface area contributed by atoms with Crippen LogP contribution in [0.15, 0.2) is 28.2 Å². The predicted octanol–water partition coefficient (Wildman–Crippen LogP) is 1.12. The molecule has 0 spiro atoms. The van der Waals surface area contributed by atoms with E-state index in [4.69, 9.17) is 21.9 Å². The quantitative estimate of drug-likeness (QED) is 0.270. The van der Waals surface area contributed by atoms with Gasteiger partial charge in [0.25, 0.3) is 10.1 Å². The molecular weight excluding hydrogens is 334 g/mol. The third-order valence-electron chi connectivity index (χ3n) is 2.33.